The molecule has 0 saturated heterocycles. The first-order valence-corrected chi connectivity index (χ1v) is 26.5. The van der Waals surface area contributed by atoms with E-state index in [0.29, 0.717) is 0 Å². The van der Waals surface area contributed by atoms with Crippen molar-refractivity contribution in [1.29, 1.82) is 0 Å². The van der Waals surface area contributed by atoms with Crippen molar-refractivity contribution in [2.45, 2.75) is 79.8 Å². The van der Waals surface area contributed by atoms with Crippen LogP contribution < -0.4 is 13.3 Å². The van der Waals surface area contributed by atoms with Gasteiger partial charge in [0.25, 0.3) is 0 Å². The number of hydrogen-bond acceptors (Lipinski definition) is 6. The molecule has 0 bridgehead atoms. The molecular weight excluding hydrogens is 650 g/mol. The van der Waals surface area contributed by atoms with Crippen LogP contribution in [0.3, 0.4) is 0 Å². The van der Waals surface area contributed by atoms with Gasteiger partial charge in [-0.05, 0) is 95.3 Å². The molecule has 3 aromatic carbocycles. The molecule has 0 aliphatic rings. The van der Waals surface area contributed by atoms with Gasteiger partial charge in [0.1, 0.15) is 33.1 Å². The first-order chi connectivity index (χ1) is 19.4. The van der Waals surface area contributed by atoms with Gasteiger partial charge in [-0.1, -0.05) is 18.2 Å². The highest BCUT2D eigenvalue weighted by Crippen LogP contribution is 2.36. The number of hydrogen-bond donors (Lipinski definition) is 0. The van der Waals surface area contributed by atoms with Gasteiger partial charge in [0, 0.05) is 18.2 Å². The zero-order valence-corrected chi connectivity index (χ0v) is 30.7. The van der Waals surface area contributed by atoms with Crippen LogP contribution >= 0.6 is 0 Å². The zero-order valence-electron chi connectivity index (χ0n) is 26.0. The second kappa shape index (κ2) is 14.2. The third kappa shape index (κ3) is 15.4. The van der Waals surface area contributed by atoms with Crippen molar-refractivity contribution >= 4 is 46.0 Å². The summed E-state index contributed by atoms with van der Waals surface area (Å²) in [4.78, 5) is 3.68. The maximum Gasteiger partial charge on any atom is 0.401 e. The third-order valence-electron chi connectivity index (χ3n) is 4.74. The average molecular weight is 691 g/mol. The lowest BCUT2D eigenvalue weighted by atomic mass is 10.3. The molecule has 238 valence electrons. The molecule has 14 heteroatoms. The van der Waals surface area contributed by atoms with Gasteiger partial charge in [-0.15, -0.1) is 0 Å². The Balaban J connectivity index is 0.000000621. The Bertz CT molecular complexity index is 1320. The van der Waals surface area contributed by atoms with Gasteiger partial charge >= 0.3 is 6.18 Å². The summed E-state index contributed by atoms with van der Waals surface area (Å²) in [6.45, 7) is 19.9. The highest BCUT2D eigenvalue weighted by Gasteiger charge is 2.32. The summed E-state index contributed by atoms with van der Waals surface area (Å²) in [5.74, 6) is 0.537. The molecule has 0 atom stereocenters. The van der Waals surface area contributed by atoms with E-state index < -0.39 is 47.0 Å². The van der Waals surface area contributed by atoms with E-state index in [0.717, 1.165) is 17.2 Å². The summed E-state index contributed by atoms with van der Waals surface area (Å²) < 4.78 is 80.1. The summed E-state index contributed by atoms with van der Waals surface area (Å²) >= 11 is 0. The van der Waals surface area contributed by atoms with Gasteiger partial charge < -0.3 is 17.8 Å². The van der Waals surface area contributed by atoms with Crippen molar-refractivity contribution in [1.82, 2.24) is 0 Å². The Morgan fingerprint density at radius 1 is 0.628 bits per heavy atom. The van der Waals surface area contributed by atoms with E-state index in [4.69, 9.17) is 13.3 Å². The normalized spacial score (nSPS) is 12.8. The third-order valence-corrected chi connectivity index (χ3v) is 10.1. The largest absolute Gasteiger partial charge is 0.748 e. The van der Waals surface area contributed by atoms with E-state index in [1.807, 2.05) is 0 Å². The predicted octanol–water partition coefficient (Wildman–Crippen LogP) is 8.52. The maximum absolute atomic E-state index is 11.0. The monoisotopic (exact) mass is 690 g/mol. The molecule has 0 aliphatic carbocycles. The Morgan fingerprint density at radius 2 is 0.907 bits per heavy atom. The summed E-state index contributed by atoms with van der Waals surface area (Å²) in [7, 11) is -10.6. The molecule has 3 aromatic rings. The molecule has 0 spiro atoms. The van der Waals surface area contributed by atoms with Gasteiger partial charge in [-0.25, -0.2) is 8.42 Å². The number of benzene rings is 3. The molecule has 0 fully saturated rings. The predicted molar refractivity (Wildman–Crippen MR) is 174 cm³/mol. The van der Waals surface area contributed by atoms with E-state index in [1.165, 1.54) is 14.7 Å². The molecule has 6 nitrogen and oxygen atoms in total. The van der Waals surface area contributed by atoms with E-state index in [1.54, 1.807) is 0 Å². The van der Waals surface area contributed by atoms with Crippen LogP contribution in [0.25, 0.3) is 0 Å². The second-order valence-corrected chi connectivity index (χ2v) is 29.4. The summed E-state index contributed by atoms with van der Waals surface area (Å²) in [5.41, 5.74) is 0. The minimum absolute atomic E-state index is 0.324. The van der Waals surface area contributed by atoms with Gasteiger partial charge in [-0.3, -0.25) is 0 Å². The van der Waals surface area contributed by atoms with Crippen LogP contribution in [0.5, 0.6) is 17.2 Å². The molecule has 0 aliphatic heterocycles. The highest BCUT2D eigenvalue weighted by atomic mass is 32.2. The van der Waals surface area contributed by atoms with Crippen molar-refractivity contribution in [2.75, 3.05) is 5.75 Å². The van der Waals surface area contributed by atoms with E-state index in [2.05, 4.69) is 132 Å². The minimum atomic E-state index is -5.16. The lowest BCUT2D eigenvalue weighted by molar-refractivity contribution is -0.107. The number of rotatable bonds is 10. The smallest absolute Gasteiger partial charge is 0.401 e. The topological polar surface area (TPSA) is 84.9 Å². The molecular formula is C29H41F3O6S2Si3. The molecule has 0 N–H and O–H groups in total. The fourth-order valence-corrected chi connectivity index (χ4v) is 8.73. The quantitative estimate of drug-likeness (QED) is 0.121. The molecule has 0 heterocycles. The highest BCUT2D eigenvalue weighted by molar-refractivity contribution is 7.97. The van der Waals surface area contributed by atoms with E-state index in [9.17, 15) is 26.1 Å². The molecule has 0 unspecified atom stereocenters. The van der Waals surface area contributed by atoms with Gasteiger partial charge in [-0.2, -0.15) is 13.2 Å². The first-order valence-electron chi connectivity index (χ1n) is 13.5. The van der Waals surface area contributed by atoms with E-state index in [-0.39, 0.29) is 10.9 Å². The standard InChI is InChI=1S/C27H39O3SSi3.C2H3F3O3S/c1-32(2,3)28-22-13-10-16-25(19-22)31(26-17-11-14-23(20-26)29-33(4,5)6)27-18-12-15-24(21-27)30-34(7,8)9;3-2(4,5)1-9(6,7)8/h10-21H,1-9H3;1H2,(H,6,7,8)/q+1;/p-1. The molecule has 3 rings (SSSR count). The van der Waals surface area contributed by atoms with Crippen LogP contribution in [0.2, 0.25) is 58.9 Å². The Labute approximate surface area is 260 Å². The molecule has 0 radical (unpaired) electrons. The average Bonchev–Trinajstić information content (AvgIpc) is 2.74. The number of alkyl halides is 3. The lowest BCUT2D eigenvalue weighted by Gasteiger charge is -2.21. The number of halogens is 3. The Hall–Kier alpha value is -2.24. The van der Waals surface area contributed by atoms with Crippen LogP contribution in [0.1, 0.15) is 0 Å². The van der Waals surface area contributed by atoms with Crippen molar-refractivity contribution < 1.29 is 39.4 Å². The zero-order chi connectivity index (χ0) is 32.9. The van der Waals surface area contributed by atoms with E-state index >= 15 is 0 Å². The van der Waals surface area contributed by atoms with Crippen molar-refractivity contribution in [3.63, 3.8) is 0 Å². The molecule has 43 heavy (non-hydrogen) atoms. The van der Waals surface area contributed by atoms with Crippen molar-refractivity contribution in [2.24, 2.45) is 0 Å². The van der Waals surface area contributed by atoms with Crippen LogP contribution in [0.15, 0.2) is 87.5 Å². The van der Waals surface area contributed by atoms with Crippen molar-refractivity contribution in [3.05, 3.63) is 72.8 Å². The fraction of sp³-hybridized carbons (Fsp3) is 0.379. The van der Waals surface area contributed by atoms with Gasteiger partial charge in [0.05, 0.1) is 10.9 Å². The van der Waals surface area contributed by atoms with Gasteiger partial charge in [0.2, 0.25) is 25.0 Å². The summed E-state index contributed by atoms with van der Waals surface area (Å²) in [5, 5.41) is 0. The van der Waals surface area contributed by atoms with Gasteiger partial charge in [0.15, 0.2) is 14.7 Å². The van der Waals surface area contributed by atoms with Crippen molar-refractivity contribution in [3.8, 4) is 17.2 Å². The SMILES string of the molecule is C[Si](C)(C)Oc1cccc([S+](c2cccc(O[Si](C)(C)C)c2)c2cccc(O[Si](C)(C)C)c2)c1.O=S(=O)([O-])CC(F)(F)F. The van der Waals surface area contributed by atoms with Crippen LogP contribution in [0, 0.1) is 0 Å². The molecule has 0 saturated carbocycles. The summed E-state index contributed by atoms with van der Waals surface area (Å²) in [6.07, 6.45) is -4.92. The Morgan fingerprint density at radius 3 is 1.09 bits per heavy atom. The Kier molecular flexibility index (Phi) is 12.2. The first kappa shape index (κ1) is 36.9. The van der Waals surface area contributed by atoms with Crippen LogP contribution in [0.4, 0.5) is 13.2 Å². The maximum atomic E-state index is 11.0. The molecule has 0 amide bonds. The lowest BCUT2D eigenvalue weighted by Crippen LogP contribution is -2.29. The summed E-state index contributed by atoms with van der Waals surface area (Å²) in [6, 6.07) is 25.8. The fourth-order valence-electron chi connectivity index (χ4n) is 3.66. The second-order valence-electron chi connectivity index (χ2n) is 12.7. The minimum Gasteiger partial charge on any atom is -0.748 e. The van der Waals surface area contributed by atoms with Crippen LogP contribution in [-0.4, -0.2) is 49.9 Å². The van der Waals surface area contributed by atoms with Crippen LogP contribution in [-0.2, 0) is 21.0 Å². The molecule has 0 aromatic heterocycles.